The molecule has 2 rings (SSSR count). The van der Waals surface area contributed by atoms with Crippen molar-refractivity contribution in [3.05, 3.63) is 16.6 Å². The Balaban J connectivity index is 2.29. The Morgan fingerprint density at radius 3 is 2.73 bits per heavy atom. The highest BCUT2D eigenvalue weighted by Gasteiger charge is 2.32. The molecule has 0 aromatic carbocycles. The van der Waals surface area contributed by atoms with Crippen LogP contribution in [-0.4, -0.2) is 41.4 Å². The van der Waals surface area contributed by atoms with Gasteiger partial charge in [-0.05, 0) is 32.7 Å². The molecule has 0 spiro atoms. The summed E-state index contributed by atoms with van der Waals surface area (Å²) in [5.41, 5.74) is -0.298. The summed E-state index contributed by atoms with van der Waals surface area (Å²) < 4.78 is 13.8. The van der Waals surface area contributed by atoms with Gasteiger partial charge in [-0.15, -0.1) is 0 Å². The van der Waals surface area contributed by atoms with Crippen LogP contribution in [-0.2, 0) is 9.52 Å². The molecular formula is C8H12N4O2S. The maximum absolute atomic E-state index is 11.6. The zero-order valence-corrected chi connectivity index (χ0v) is 9.18. The predicted octanol–water partition coefficient (Wildman–Crippen LogP) is -0.799. The second-order valence-corrected chi connectivity index (χ2v) is 6.18. The van der Waals surface area contributed by atoms with E-state index in [4.69, 9.17) is 0 Å². The Hall–Kier alpha value is -1.37. The Labute approximate surface area is 87.2 Å². The summed E-state index contributed by atoms with van der Waals surface area (Å²) in [6.07, 6.45) is 3.23. The third-order valence-electron chi connectivity index (χ3n) is 2.25. The highest BCUT2D eigenvalue weighted by molar-refractivity contribution is 8.01. The highest BCUT2D eigenvalue weighted by Crippen LogP contribution is 2.20. The second kappa shape index (κ2) is 3.34. The normalized spacial score (nSPS) is 30.6. The van der Waals surface area contributed by atoms with Crippen molar-refractivity contribution in [3.63, 3.8) is 0 Å². The first-order valence-electron chi connectivity index (χ1n) is 4.53. The van der Waals surface area contributed by atoms with Gasteiger partial charge in [0, 0.05) is 17.7 Å². The molecule has 7 heteroatoms. The maximum Gasteiger partial charge on any atom is 0.368 e. The minimum absolute atomic E-state index is 0.110. The van der Waals surface area contributed by atoms with Crippen molar-refractivity contribution in [2.75, 3.05) is 11.5 Å². The van der Waals surface area contributed by atoms with Gasteiger partial charge >= 0.3 is 5.69 Å². The van der Waals surface area contributed by atoms with Crippen LogP contribution in [0, 0.1) is 0 Å². The van der Waals surface area contributed by atoms with Crippen LogP contribution in [0.25, 0.3) is 6.20 Å². The van der Waals surface area contributed by atoms with Crippen LogP contribution in [0.1, 0.15) is 13.0 Å². The monoisotopic (exact) mass is 228 g/mol. The van der Waals surface area contributed by atoms with Gasteiger partial charge in [0.05, 0.1) is 6.04 Å². The van der Waals surface area contributed by atoms with Crippen molar-refractivity contribution >= 4 is 21.6 Å². The molecule has 1 aliphatic rings. The molecule has 0 saturated carbocycles. The van der Waals surface area contributed by atoms with Gasteiger partial charge in [0.2, 0.25) is 0 Å². The van der Waals surface area contributed by atoms with Crippen molar-refractivity contribution in [1.29, 1.82) is 0 Å². The number of aromatic nitrogens is 4. The quantitative estimate of drug-likeness (QED) is 0.621. The average Bonchev–Trinajstić information content (AvgIpc) is 2.45. The molecule has 15 heavy (non-hydrogen) atoms. The van der Waals surface area contributed by atoms with Crippen molar-refractivity contribution in [1.82, 2.24) is 19.8 Å². The maximum atomic E-state index is 11.6. The molecule has 0 radical (unpaired) electrons. The lowest BCUT2D eigenvalue weighted by Gasteiger charge is -2.28. The van der Waals surface area contributed by atoms with Crippen LogP contribution in [0.4, 0.5) is 0 Å². The fourth-order valence-corrected chi connectivity index (χ4v) is 3.11. The molecule has 1 saturated heterocycles. The highest BCUT2D eigenvalue weighted by atomic mass is 32.2. The van der Waals surface area contributed by atoms with Crippen molar-refractivity contribution < 1.29 is 4.21 Å². The molecule has 1 aromatic rings. The van der Waals surface area contributed by atoms with Gasteiger partial charge in [-0.2, -0.15) is 9.36 Å². The largest absolute Gasteiger partial charge is 0.368 e. The van der Waals surface area contributed by atoms with Gasteiger partial charge in [0.25, 0.3) is 0 Å². The topological polar surface area (TPSA) is 69.8 Å². The molecule has 6 nitrogen and oxygen atoms in total. The third kappa shape index (κ3) is 1.74. The van der Waals surface area contributed by atoms with Crippen LogP contribution in [0.2, 0.25) is 0 Å². The predicted molar refractivity (Wildman–Crippen MR) is 59.3 cm³/mol. The first-order valence-corrected chi connectivity index (χ1v) is 6.59. The molecule has 0 aliphatic carbocycles. The van der Waals surface area contributed by atoms with Gasteiger partial charge in [-0.3, -0.25) is 4.21 Å². The molecule has 1 fully saturated rings. The number of rotatable bonds is 2. The van der Waals surface area contributed by atoms with Crippen LogP contribution >= 0.6 is 0 Å². The first kappa shape index (κ1) is 10.2. The van der Waals surface area contributed by atoms with Gasteiger partial charge in [-0.25, -0.2) is 4.79 Å². The molecule has 0 unspecified atom stereocenters. The van der Waals surface area contributed by atoms with Gasteiger partial charge < -0.3 is 0 Å². The zero-order valence-electron chi connectivity index (χ0n) is 8.37. The SMILES string of the molecule is C=S1(=O)CC(n2nnn(/C=C\C)c2=O)C1. The van der Waals surface area contributed by atoms with Crippen LogP contribution in [0.3, 0.4) is 0 Å². The average molecular weight is 228 g/mol. The van der Waals surface area contributed by atoms with E-state index in [1.54, 1.807) is 13.0 Å². The number of hydrogen-bond donors (Lipinski definition) is 0. The summed E-state index contributed by atoms with van der Waals surface area (Å²) in [6, 6.07) is -0.110. The summed E-state index contributed by atoms with van der Waals surface area (Å²) >= 11 is 0. The molecule has 0 bridgehead atoms. The van der Waals surface area contributed by atoms with E-state index < -0.39 is 9.52 Å². The minimum atomic E-state index is -1.95. The summed E-state index contributed by atoms with van der Waals surface area (Å²) in [5.74, 6) is 4.40. The molecule has 2 heterocycles. The lowest BCUT2D eigenvalue weighted by atomic mass is 10.4. The molecule has 1 aliphatic heterocycles. The van der Waals surface area contributed by atoms with Gasteiger partial charge in [-0.1, -0.05) is 6.08 Å². The van der Waals surface area contributed by atoms with Gasteiger partial charge in [0.1, 0.15) is 0 Å². The Morgan fingerprint density at radius 1 is 1.53 bits per heavy atom. The number of hydrogen-bond acceptors (Lipinski definition) is 4. The fourth-order valence-electron chi connectivity index (χ4n) is 1.53. The second-order valence-electron chi connectivity index (χ2n) is 3.59. The standard InChI is InChI=1S/C8H12N4O2S/c1-3-4-11-8(13)12(10-9-11)7-5-15(2,14)6-7/h3-4,7H,2,5-6H2,1H3/b4-3-. The van der Waals surface area contributed by atoms with Crippen LogP contribution < -0.4 is 5.69 Å². The van der Waals surface area contributed by atoms with Crippen molar-refractivity contribution in [2.45, 2.75) is 13.0 Å². The number of tetrazole rings is 1. The van der Waals surface area contributed by atoms with Crippen LogP contribution in [0.5, 0.6) is 0 Å². The summed E-state index contributed by atoms with van der Waals surface area (Å²) in [6.45, 7) is 1.79. The van der Waals surface area contributed by atoms with Crippen molar-refractivity contribution in [3.8, 4) is 0 Å². The van der Waals surface area contributed by atoms with Gasteiger partial charge in [0.15, 0.2) is 0 Å². The van der Waals surface area contributed by atoms with E-state index in [1.165, 1.54) is 10.9 Å². The first-order chi connectivity index (χ1) is 7.03. The van der Waals surface area contributed by atoms with E-state index in [0.29, 0.717) is 11.5 Å². The minimum Gasteiger partial charge on any atom is -0.268 e. The molecular weight excluding hydrogens is 216 g/mol. The Morgan fingerprint density at radius 2 is 2.20 bits per heavy atom. The van der Waals surface area contributed by atoms with Crippen LogP contribution in [0.15, 0.2) is 10.9 Å². The summed E-state index contributed by atoms with van der Waals surface area (Å²) in [4.78, 5) is 11.6. The van der Waals surface area contributed by atoms with E-state index in [-0.39, 0.29) is 11.7 Å². The summed E-state index contributed by atoms with van der Waals surface area (Å²) in [7, 11) is -1.95. The molecule has 1 aromatic heterocycles. The van der Waals surface area contributed by atoms with E-state index in [0.717, 1.165) is 4.68 Å². The molecule has 0 amide bonds. The van der Waals surface area contributed by atoms with Crippen molar-refractivity contribution in [2.24, 2.45) is 0 Å². The van der Waals surface area contributed by atoms with E-state index in [9.17, 15) is 9.00 Å². The molecule has 0 N–H and O–H groups in total. The number of allylic oxidation sites excluding steroid dienone is 1. The third-order valence-corrected chi connectivity index (χ3v) is 4.24. The van der Waals surface area contributed by atoms with E-state index in [1.807, 2.05) is 0 Å². The van der Waals surface area contributed by atoms with E-state index >= 15 is 0 Å². The zero-order chi connectivity index (χ0) is 11.1. The smallest absolute Gasteiger partial charge is 0.268 e. The molecule has 82 valence electrons. The van der Waals surface area contributed by atoms with E-state index in [2.05, 4.69) is 16.3 Å². The Bertz CT molecular complexity index is 539. The fraction of sp³-hybridized carbons (Fsp3) is 0.500. The lowest BCUT2D eigenvalue weighted by Crippen LogP contribution is -2.43. The summed E-state index contributed by atoms with van der Waals surface area (Å²) in [5, 5.41) is 7.41. The lowest BCUT2D eigenvalue weighted by molar-refractivity contribution is 0.477. The number of nitrogens with zero attached hydrogens (tertiary/aromatic N) is 4. The Kier molecular flexibility index (Phi) is 2.26. The molecule has 0 atom stereocenters.